The van der Waals surface area contributed by atoms with Crippen molar-refractivity contribution in [2.75, 3.05) is 20.2 Å². The van der Waals surface area contributed by atoms with E-state index in [9.17, 15) is 4.79 Å². The lowest BCUT2D eigenvalue weighted by Gasteiger charge is -2.17. The second-order valence-corrected chi connectivity index (χ2v) is 5.22. The number of carbonyl (C=O) groups excluding carboxylic acids is 1. The van der Waals surface area contributed by atoms with Crippen LogP contribution >= 0.6 is 0 Å². The molecule has 0 saturated heterocycles. The van der Waals surface area contributed by atoms with E-state index >= 15 is 0 Å². The predicted octanol–water partition coefficient (Wildman–Crippen LogP) is 3.36. The normalized spacial score (nSPS) is 10.5. The highest BCUT2D eigenvalue weighted by atomic mass is 16.5. The summed E-state index contributed by atoms with van der Waals surface area (Å²) in [6.45, 7) is 6.66. The summed E-state index contributed by atoms with van der Waals surface area (Å²) in [5, 5.41) is 0. The lowest BCUT2D eigenvalue weighted by molar-refractivity contribution is 0.0772. The van der Waals surface area contributed by atoms with Crippen LogP contribution in [0.5, 0.6) is 5.75 Å². The Bertz CT molecular complexity index is 613. The van der Waals surface area contributed by atoms with Gasteiger partial charge in [-0.15, -0.1) is 0 Å². The summed E-state index contributed by atoms with van der Waals surface area (Å²) in [4.78, 5) is 13.9. The molecule has 0 fully saturated rings. The molecule has 0 aliphatic carbocycles. The number of carbonyl (C=O) groups is 1. The fourth-order valence-corrected chi connectivity index (χ4v) is 2.09. The topological polar surface area (TPSA) is 42.7 Å². The number of benzene rings is 1. The highest BCUT2D eigenvalue weighted by molar-refractivity contribution is 5.95. The maximum absolute atomic E-state index is 12.3. The number of hydrogen-bond donors (Lipinski definition) is 0. The van der Waals surface area contributed by atoms with Crippen LogP contribution in [0.2, 0.25) is 0 Å². The quantitative estimate of drug-likeness (QED) is 0.847. The van der Waals surface area contributed by atoms with Gasteiger partial charge < -0.3 is 14.1 Å². The molecule has 0 unspecified atom stereocenters. The molecular formula is C17H21NO3. The molecule has 2 rings (SSSR count). The first-order chi connectivity index (χ1) is 9.97. The van der Waals surface area contributed by atoms with Gasteiger partial charge in [-0.3, -0.25) is 4.79 Å². The molecule has 0 N–H and O–H groups in total. The second kappa shape index (κ2) is 6.48. The molecular weight excluding hydrogens is 266 g/mol. The summed E-state index contributed by atoms with van der Waals surface area (Å²) in [5.74, 6) is 2.18. The maximum atomic E-state index is 12.3. The van der Waals surface area contributed by atoms with Crippen molar-refractivity contribution in [1.82, 2.24) is 4.90 Å². The minimum Gasteiger partial charge on any atom is -0.492 e. The first-order valence-corrected chi connectivity index (χ1v) is 6.99. The summed E-state index contributed by atoms with van der Waals surface area (Å²) in [6.07, 6.45) is 0. The molecule has 2 aromatic rings. The number of hydrogen-bond acceptors (Lipinski definition) is 3. The lowest BCUT2D eigenvalue weighted by atomic mass is 10.2. The molecule has 1 aromatic carbocycles. The largest absolute Gasteiger partial charge is 0.492 e. The molecule has 1 heterocycles. The van der Waals surface area contributed by atoms with Gasteiger partial charge in [0.25, 0.3) is 5.91 Å². The Kier molecular flexibility index (Phi) is 4.68. The van der Waals surface area contributed by atoms with E-state index in [0.717, 1.165) is 11.5 Å². The maximum Gasteiger partial charge on any atom is 0.257 e. The van der Waals surface area contributed by atoms with Crippen molar-refractivity contribution in [3.05, 3.63) is 53.0 Å². The monoisotopic (exact) mass is 287 g/mol. The van der Waals surface area contributed by atoms with Gasteiger partial charge in [0.05, 0.1) is 12.1 Å². The summed E-state index contributed by atoms with van der Waals surface area (Å²) < 4.78 is 11.0. The molecule has 0 atom stereocenters. The molecule has 0 aliphatic heterocycles. The Morgan fingerprint density at radius 1 is 1.19 bits per heavy atom. The molecule has 21 heavy (non-hydrogen) atoms. The average Bonchev–Trinajstić information content (AvgIpc) is 2.79. The molecule has 0 saturated carbocycles. The Hall–Kier alpha value is -2.23. The summed E-state index contributed by atoms with van der Waals surface area (Å²) in [6, 6.07) is 9.64. The number of rotatable bonds is 5. The lowest BCUT2D eigenvalue weighted by Crippen LogP contribution is -2.31. The zero-order valence-corrected chi connectivity index (χ0v) is 13.0. The minimum absolute atomic E-state index is 0.0446. The van der Waals surface area contributed by atoms with Gasteiger partial charge in [0.1, 0.15) is 23.9 Å². The first-order valence-electron chi connectivity index (χ1n) is 6.99. The Labute approximate surface area is 125 Å². The van der Waals surface area contributed by atoms with Crippen molar-refractivity contribution in [3.8, 4) is 5.75 Å². The van der Waals surface area contributed by atoms with Crippen LogP contribution in [0.25, 0.3) is 0 Å². The number of aryl methyl sites for hydroxylation is 3. The van der Waals surface area contributed by atoms with Crippen molar-refractivity contribution >= 4 is 5.91 Å². The van der Waals surface area contributed by atoms with E-state index in [1.54, 1.807) is 24.9 Å². The molecule has 4 nitrogen and oxygen atoms in total. The standard InChI is InChI=1S/C17H21NO3/c1-12-5-7-15(8-6-12)20-10-9-18(4)17(19)16-11-13(2)21-14(16)3/h5-8,11H,9-10H2,1-4H3. The van der Waals surface area contributed by atoms with Crippen molar-refractivity contribution in [3.63, 3.8) is 0 Å². The molecule has 1 aromatic heterocycles. The van der Waals surface area contributed by atoms with Crippen LogP contribution in [0.1, 0.15) is 27.4 Å². The van der Waals surface area contributed by atoms with Crippen molar-refractivity contribution in [2.24, 2.45) is 0 Å². The molecule has 112 valence electrons. The van der Waals surface area contributed by atoms with E-state index in [2.05, 4.69) is 0 Å². The van der Waals surface area contributed by atoms with E-state index in [-0.39, 0.29) is 5.91 Å². The van der Waals surface area contributed by atoms with Gasteiger partial charge in [-0.25, -0.2) is 0 Å². The molecule has 0 bridgehead atoms. The highest BCUT2D eigenvalue weighted by Crippen LogP contribution is 2.16. The van der Waals surface area contributed by atoms with Gasteiger partial charge in [-0.2, -0.15) is 0 Å². The van der Waals surface area contributed by atoms with Crippen LogP contribution in [0.4, 0.5) is 0 Å². The van der Waals surface area contributed by atoms with Crippen LogP contribution in [-0.4, -0.2) is 31.0 Å². The fourth-order valence-electron chi connectivity index (χ4n) is 2.09. The van der Waals surface area contributed by atoms with Crippen LogP contribution in [0.3, 0.4) is 0 Å². The highest BCUT2D eigenvalue weighted by Gasteiger charge is 2.17. The predicted molar refractivity (Wildman–Crippen MR) is 81.8 cm³/mol. The van der Waals surface area contributed by atoms with Crippen LogP contribution < -0.4 is 4.74 Å². The van der Waals surface area contributed by atoms with Gasteiger partial charge in [0, 0.05) is 7.05 Å². The molecule has 0 spiro atoms. The Morgan fingerprint density at radius 2 is 1.86 bits per heavy atom. The third-order valence-electron chi connectivity index (χ3n) is 3.33. The van der Waals surface area contributed by atoms with E-state index in [1.807, 2.05) is 38.1 Å². The SMILES string of the molecule is Cc1ccc(OCCN(C)C(=O)c2cc(C)oc2C)cc1. The van der Waals surface area contributed by atoms with Gasteiger partial charge in [0.2, 0.25) is 0 Å². The van der Waals surface area contributed by atoms with E-state index in [1.165, 1.54) is 5.56 Å². The number of furan rings is 1. The molecule has 0 radical (unpaired) electrons. The number of likely N-dealkylation sites (N-methyl/N-ethyl adjacent to an activating group) is 1. The van der Waals surface area contributed by atoms with E-state index in [0.29, 0.717) is 24.5 Å². The van der Waals surface area contributed by atoms with E-state index < -0.39 is 0 Å². The van der Waals surface area contributed by atoms with Gasteiger partial charge in [0.15, 0.2) is 0 Å². The van der Waals surface area contributed by atoms with Crippen LogP contribution in [0, 0.1) is 20.8 Å². The van der Waals surface area contributed by atoms with Crippen molar-refractivity contribution in [1.29, 1.82) is 0 Å². The number of amides is 1. The van der Waals surface area contributed by atoms with Gasteiger partial charge in [-0.1, -0.05) is 17.7 Å². The number of ether oxygens (including phenoxy) is 1. The molecule has 0 aliphatic rings. The Balaban J connectivity index is 1.87. The van der Waals surface area contributed by atoms with E-state index in [4.69, 9.17) is 9.15 Å². The van der Waals surface area contributed by atoms with Crippen LogP contribution in [-0.2, 0) is 0 Å². The zero-order valence-electron chi connectivity index (χ0n) is 13.0. The van der Waals surface area contributed by atoms with Crippen LogP contribution in [0.15, 0.2) is 34.7 Å². The average molecular weight is 287 g/mol. The zero-order chi connectivity index (χ0) is 15.4. The summed E-state index contributed by atoms with van der Waals surface area (Å²) >= 11 is 0. The van der Waals surface area contributed by atoms with Crippen molar-refractivity contribution < 1.29 is 13.9 Å². The Morgan fingerprint density at radius 3 is 2.43 bits per heavy atom. The van der Waals surface area contributed by atoms with Gasteiger partial charge in [-0.05, 0) is 39.0 Å². The third kappa shape index (κ3) is 3.88. The smallest absolute Gasteiger partial charge is 0.257 e. The summed E-state index contributed by atoms with van der Waals surface area (Å²) in [5.41, 5.74) is 1.81. The fraction of sp³-hybridized carbons (Fsp3) is 0.353. The summed E-state index contributed by atoms with van der Waals surface area (Å²) in [7, 11) is 1.77. The van der Waals surface area contributed by atoms with Crippen molar-refractivity contribution in [2.45, 2.75) is 20.8 Å². The molecule has 4 heteroatoms. The van der Waals surface area contributed by atoms with Gasteiger partial charge >= 0.3 is 0 Å². The first kappa shape index (κ1) is 15.2. The minimum atomic E-state index is -0.0446. The number of nitrogens with zero attached hydrogens (tertiary/aromatic N) is 1. The molecule has 1 amide bonds. The third-order valence-corrected chi connectivity index (χ3v) is 3.33. The second-order valence-electron chi connectivity index (χ2n) is 5.22.